The van der Waals surface area contributed by atoms with Crippen molar-refractivity contribution in [1.82, 2.24) is 24.9 Å². The van der Waals surface area contributed by atoms with Crippen LogP contribution in [-0.2, 0) is 10.3 Å². The van der Waals surface area contributed by atoms with E-state index in [-0.39, 0.29) is 17.5 Å². The highest BCUT2D eigenvalue weighted by atomic mass is 32.1. The topological polar surface area (TPSA) is 88.0 Å². The minimum Gasteiger partial charge on any atom is -0.444 e. The minimum atomic E-state index is -0.525. The van der Waals surface area contributed by atoms with E-state index in [1.165, 1.54) is 32.4 Å². The van der Waals surface area contributed by atoms with E-state index in [1.54, 1.807) is 11.3 Å². The van der Waals surface area contributed by atoms with Crippen molar-refractivity contribution in [3.63, 3.8) is 0 Å². The smallest absolute Gasteiger partial charge is 0.408 e. The molecule has 8 nitrogen and oxygen atoms in total. The Morgan fingerprint density at radius 1 is 1.05 bits per heavy atom. The zero-order chi connectivity index (χ0) is 28.6. The number of nitrogens with zero attached hydrogens (tertiary/aromatic N) is 3. The normalized spacial score (nSPS) is 17.0. The van der Waals surface area contributed by atoms with Crippen molar-refractivity contribution in [2.75, 3.05) is 26.2 Å². The Hall–Kier alpha value is -3.43. The Morgan fingerprint density at radius 2 is 1.80 bits per heavy atom. The molecule has 6 rings (SSSR count). The number of likely N-dealkylation sites (tertiary alicyclic amines) is 1. The fourth-order valence-electron chi connectivity index (χ4n) is 5.64. The second-order valence-electron chi connectivity index (χ2n) is 12.4. The summed E-state index contributed by atoms with van der Waals surface area (Å²) in [6.07, 6.45) is 8.37. The Labute approximate surface area is 245 Å². The molecule has 0 bridgehead atoms. The summed E-state index contributed by atoms with van der Waals surface area (Å²) < 4.78 is 8.60. The van der Waals surface area contributed by atoms with Crippen molar-refractivity contribution in [2.45, 2.75) is 70.4 Å². The van der Waals surface area contributed by atoms with Crippen molar-refractivity contribution in [2.24, 2.45) is 0 Å². The summed E-state index contributed by atoms with van der Waals surface area (Å²) in [5.74, 6) is -0.0213. The summed E-state index contributed by atoms with van der Waals surface area (Å²) >= 11 is 1.59. The molecule has 0 radical (unpaired) electrons. The standard InChI is InChI=1S/C32H39N5O3S/c1-31(2,3)40-30(39)35-32(14-15-32)24-11-8-22(9-12-24)25-21-37-26-13-10-23(20-27(26)41-29(37)34-25)28(38)33-16-7-19-36-17-5-4-6-18-36/h8-13,20-21H,4-7,14-19H2,1-3H3,(H,33,38)(H,35,39). The Kier molecular flexibility index (Phi) is 7.50. The maximum absolute atomic E-state index is 12.8. The number of fused-ring (bicyclic) bond motifs is 3. The van der Waals surface area contributed by atoms with Gasteiger partial charge in [-0.3, -0.25) is 9.20 Å². The zero-order valence-corrected chi connectivity index (χ0v) is 25.0. The third-order valence-corrected chi connectivity index (χ3v) is 8.98. The molecule has 2 aromatic heterocycles. The largest absolute Gasteiger partial charge is 0.444 e. The fraction of sp³-hybridized carbons (Fsp3) is 0.469. The number of alkyl carbamates (subject to hydrolysis) is 1. The van der Waals surface area contributed by atoms with E-state index in [0.717, 1.165) is 57.8 Å². The highest BCUT2D eigenvalue weighted by Crippen LogP contribution is 2.46. The predicted molar refractivity (Wildman–Crippen MR) is 164 cm³/mol. The van der Waals surface area contributed by atoms with Crippen molar-refractivity contribution in [3.05, 3.63) is 59.8 Å². The molecule has 4 aromatic rings. The van der Waals surface area contributed by atoms with Gasteiger partial charge in [-0.15, -0.1) is 0 Å². The zero-order valence-electron chi connectivity index (χ0n) is 24.2. The van der Waals surface area contributed by atoms with Gasteiger partial charge in [0.2, 0.25) is 0 Å². The number of rotatable bonds is 8. The first-order chi connectivity index (χ1) is 19.7. The molecule has 1 saturated carbocycles. The second kappa shape index (κ2) is 11.1. The van der Waals surface area contributed by atoms with E-state index < -0.39 is 5.60 Å². The number of ether oxygens (including phenoxy) is 1. The SMILES string of the molecule is CC(C)(C)OC(=O)NC1(c2ccc(-c3cn4c(n3)sc3cc(C(=O)NCCCN5CCCCC5)ccc34)cc2)CC1. The maximum atomic E-state index is 12.8. The van der Waals surface area contributed by atoms with Crippen LogP contribution in [0.3, 0.4) is 0 Å². The van der Waals surface area contributed by atoms with Crippen LogP contribution in [0.2, 0.25) is 0 Å². The summed E-state index contributed by atoms with van der Waals surface area (Å²) in [6.45, 7) is 9.73. The molecular weight excluding hydrogens is 534 g/mol. The number of imidazole rings is 1. The van der Waals surface area contributed by atoms with Crippen LogP contribution in [0.25, 0.3) is 26.4 Å². The average molecular weight is 574 g/mol. The van der Waals surface area contributed by atoms with Crippen molar-refractivity contribution < 1.29 is 14.3 Å². The molecule has 0 unspecified atom stereocenters. The molecule has 1 aliphatic carbocycles. The van der Waals surface area contributed by atoms with Crippen LogP contribution in [0.15, 0.2) is 48.7 Å². The highest BCUT2D eigenvalue weighted by Gasteiger charge is 2.46. The number of thiazole rings is 1. The average Bonchev–Trinajstić information content (AvgIpc) is 3.47. The van der Waals surface area contributed by atoms with Crippen LogP contribution >= 0.6 is 11.3 Å². The number of hydrogen-bond acceptors (Lipinski definition) is 6. The van der Waals surface area contributed by atoms with Crippen LogP contribution in [0.4, 0.5) is 4.79 Å². The van der Waals surface area contributed by atoms with Crippen LogP contribution < -0.4 is 10.6 Å². The number of amides is 2. The second-order valence-corrected chi connectivity index (χ2v) is 13.4. The molecule has 2 aromatic carbocycles. The summed E-state index contributed by atoms with van der Waals surface area (Å²) in [4.78, 5) is 33.4. The van der Waals surface area contributed by atoms with E-state index in [1.807, 2.05) is 39.0 Å². The number of carbonyl (C=O) groups is 2. The van der Waals surface area contributed by atoms with Crippen molar-refractivity contribution in [1.29, 1.82) is 0 Å². The number of benzene rings is 2. The maximum Gasteiger partial charge on any atom is 0.408 e. The molecule has 2 fully saturated rings. The molecule has 216 valence electrons. The van der Waals surface area contributed by atoms with Gasteiger partial charge < -0.3 is 20.3 Å². The summed E-state index contributed by atoms with van der Waals surface area (Å²) in [6, 6.07) is 14.1. The van der Waals surface area contributed by atoms with E-state index in [9.17, 15) is 9.59 Å². The monoisotopic (exact) mass is 573 g/mol. The highest BCUT2D eigenvalue weighted by molar-refractivity contribution is 7.23. The van der Waals surface area contributed by atoms with Crippen molar-refractivity contribution >= 4 is 38.5 Å². The first-order valence-corrected chi connectivity index (χ1v) is 15.6. The molecular formula is C32H39N5O3S. The number of carbonyl (C=O) groups excluding carboxylic acids is 2. The molecule has 2 amide bonds. The van der Waals surface area contributed by atoms with Gasteiger partial charge in [-0.25, -0.2) is 9.78 Å². The van der Waals surface area contributed by atoms with Gasteiger partial charge in [0.15, 0.2) is 4.96 Å². The van der Waals surface area contributed by atoms with E-state index >= 15 is 0 Å². The molecule has 2 N–H and O–H groups in total. The lowest BCUT2D eigenvalue weighted by molar-refractivity contribution is 0.0495. The van der Waals surface area contributed by atoms with E-state index in [2.05, 4.69) is 50.4 Å². The van der Waals surface area contributed by atoms with E-state index in [4.69, 9.17) is 9.72 Å². The van der Waals surface area contributed by atoms with Gasteiger partial charge in [0.1, 0.15) is 5.60 Å². The van der Waals surface area contributed by atoms with Crippen LogP contribution in [-0.4, -0.2) is 58.1 Å². The Balaban J connectivity index is 1.10. The third kappa shape index (κ3) is 6.26. The Bertz CT molecular complexity index is 1560. The van der Waals surface area contributed by atoms with Gasteiger partial charge in [0.25, 0.3) is 5.91 Å². The van der Waals surface area contributed by atoms with Gasteiger partial charge in [-0.1, -0.05) is 42.0 Å². The Morgan fingerprint density at radius 3 is 2.51 bits per heavy atom. The molecule has 3 heterocycles. The number of aromatic nitrogens is 2. The van der Waals surface area contributed by atoms with Crippen LogP contribution in [0.5, 0.6) is 0 Å². The van der Waals surface area contributed by atoms with Gasteiger partial charge in [-0.2, -0.15) is 0 Å². The number of piperidine rings is 1. The van der Waals surface area contributed by atoms with Gasteiger partial charge in [-0.05, 0) is 96.3 Å². The van der Waals surface area contributed by atoms with Gasteiger partial charge >= 0.3 is 6.09 Å². The number of nitrogens with one attached hydrogen (secondary N) is 2. The van der Waals surface area contributed by atoms with E-state index in [0.29, 0.717) is 12.1 Å². The first kappa shape index (κ1) is 27.7. The third-order valence-electron chi connectivity index (χ3n) is 7.97. The molecule has 0 spiro atoms. The quantitative estimate of drug-likeness (QED) is 0.240. The van der Waals surface area contributed by atoms with Gasteiger partial charge in [0.05, 0.1) is 21.4 Å². The lowest BCUT2D eigenvalue weighted by Gasteiger charge is -2.26. The summed E-state index contributed by atoms with van der Waals surface area (Å²) in [7, 11) is 0. The molecule has 2 aliphatic rings. The fourth-order valence-corrected chi connectivity index (χ4v) is 6.69. The van der Waals surface area contributed by atoms with Crippen LogP contribution in [0, 0.1) is 0 Å². The predicted octanol–water partition coefficient (Wildman–Crippen LogP) is 6.34. The first-order valence-electron chi connectivity index (χ1n) is 14.7. The summed E-state index contributed by atoms with van der Waals surface area (Å²) in [5, 5.41) is 6.15. The molecule has 0 atom stereocenters. The summed E-state index contributed by atoms with van der Waals surface area (Å²) in [5.41, 5.74) is 3.85. The number of hydrogen-bond donors (Lipinski definition) is 2. The molecule has 1 saturated heterocycles. The minimum absolute atomic E-state index is 0.0213. The van der Waals surface area contributed by atoms with Crippen LogP contribution in [0.1, 0.15) is 75.2 Å². The lowest BCUT2D eigenvalue weighted by Crippen LogP contribution is -2.39. The molecule has 1 aliphatic heterocycles. The molecule has 9 heteroatoms. The molecule has 41 heavy (non-hydrogen) atoms. The lowest BCUT2D eigenvalue weighted by atomic mass is 10.0. The van der Waals surface area contributed by atoms with Crippen molar-refractivity contribution in [3.8, 4) is 11.3 Å². The van der Waals surface area contributed by atoms with Gasteiger partial charge in [0, 0.05) is 23.9 Å².